The molecule has 0 spiro atoms. The van der Waals surface area contributed by atoms with Gasteiger partial charge in [-0.25, -0.2) is 4.68 Å². The van der Waals surface area contributed by atoms with Crippen LogP contribution in [0.15, 0.2) is 70.7 Å². The third kappa shape index (κ3) is 5.39. The number of para-hydroxylation sites is 1. The number of amidine groups is 1. The highest BCUT2D eigenvalue weighted by atomic mass is 32.2. The van der Waals surface area contributed by atoms with Crippen molar-refractivity contribution in [3.63, 3.8) is 0 Å². The lowest BCUT2D eigenvalue weighted by atomic mass is 10.1. The lowest BCUT2D eigenvalue weighted by Gasteiger charge is -2.35. The Morgan fingerprint density at radius 3 is 2.50 bits per heavy atom. The Morgan fingerprint density at radius 2 is 1.81 bits per heavy atom. The molecule has 2 aliphatic rings. The zero-order valence-electron chi connectivity index (χ0n) is 20.8. The van der Waals surface area contributed by atoms with E-state index in [-0.39, 0.29) is 18.1 Å². The third-order valence-electron chi connectivity index (χ3n) is 5.95. The monoisotopic (exact) mass is 502 g/mol. The number of nitrogens with zero attached hydrogens (tertiary/aromatic N) is 4. The molecule has 1 fully saturated rings. The van der Waals surface area contributed by atoms with Crippen LogP contribution in [0.4, 0.5) is 0 Å². The standard InChI is InChI=1S/C28H30N4O3S/c1-4-14-34-24-12-10-21(11-13-24)26-22(18-32(30-26)23-8-6-5-7-9-23)15-25-27(33)29-28(36-25)31-16-19(2)35-20(3)17-31/h5-13,15,18-20H,4,14,16-17H2,1-3H3/b25-15-. The van der Waals surface area contributed by atoms with Gasteiger partial charge in [-0.3, -0.25) is 4.79 Å². The minimum atomic E-state index is -0.219. The van der Waals surface area contributed by atoms with Gasteiger partial charge in [0.05, 0.1) is 35.1 Å². The van der Waals surface area contributed by atoms with Gasteiger partial charge < -0.3 is 14.4 Å². The van der Waals surface area contributed by atoms with Crippen molar-refractivity contribution in [3.05, 3.63) is 71.3 Å². The Morgan fingerprint density at radius 1 is 1.08 bits per heavy atom. The number of hydrogen-bond acceptors (Lipinski definition) is 6. The van der Waals surface area contributed by atoms with Gasteiger partial charge in [-0.15, -0.1) is 0 Å². The van der Waals surface area contributed by atoms with E-state index in [2.05, 4.69) is 16.8 Å². The fourth-order valence-corrected chi connectivity index (χ4v) is 5.29. The number of ether oxygens (including phenoxy) is 2. The van der Waals surface area contributed by atoms with Crippen molar-refractivity contribution in [1.82, 2.24) is 14.7 Å². The molecule has 0 aliphatic carbocycles. The minimum Gasteiger partial charge on any atom is -0.494 e. The first-order valence-electron chi connectivity index (χ1n) is 12.3. The molecule has 7 nitrogen and oxygen atoms in total. The van der Waals surface area contributed by atoms with E-state index < -0.39 is 0 Å². The van der Waals surface area contributed by atoms with Gasteiger partial charge in [0.2, 0.25) is 0 Å². The van der Waals surface area contributed by atoms with E-state index in [1.807, 2.05) is 85.4 Å². The summed E-state index contributed by atoms with van der Waals surface area (Å²) in [7, 11) is 0. The molecule has 0 N–H and O–H groups in total. The van der Waals surface area contributed by atoms with Crippen molar-refractivity contribution in [2.24, 2.45) is 4.99 Å². The summed E-state index contributed by atoms with van der Waals surface area (Å²) in [5.74, 6) is 0.611. The van der Waals surface area contributed by atoms with Crippen molar-refractivity contribution >= 4 is 28.9 Å². The number of amides is 1. The zero-order chi connectivity index (χ0) is 25.1. The van der Waals surface area contributed by atoms with E-state index in [9.17, 15) is 4.79 Å². The Balaban J connectivity index is 1.46. The molecule has 0 bridgehead atoms. The Labute approximate surface area is 215 Å². The number of carbonyl (C=O) groups is 1. The summed E-state index contributed by atoms with van der Waals surface area (Å²) >= 11 is 1.42. The smallest absolute Gasteiger partial charge is 0.286 e. The quantitative estimate of drug-likeness (QED) is 0.420. The average Bonchev–Trinajstić information content (AvgIpc) is 3.47. The zero-order valence-corrected chi connectivity index (χ0v) is 21.6. The van der Waals surface area contributed by atoms with Crippen molar-refractivity contribution in [2.75, 3.05) is 19.7 Å². The van der Waals surface area contributed by atoms with Gasteiger partial charge in [-0.1, -0.05) is 25.1 Å². The first kappa shape index (κ1) is 24.3. The number of rotatable bonds is 6. The number of aromatic nitrogens is 2. The number of aliphatic imine (C=N–C) groups is 1. The summed E-state index contributed by atoms with van der Waals surface area (Å²) in [6.45, 7) is 8.30. The van der Waals surface area contributed by atoms with Crippen LogP contribution in [0.3, 0.4) is 0 Å². The molecule has 2 aliphatic heterocycles. The molecule has 0 radical (unpaired) electrons. The third-order valence-corrected chi connectivity index (χ3v) is 6.99. The fourth-order valence-electron chi connectivity index (χ4n) is 4.37. The molecule has 1 amide bonds. The van der Waals surface area contributed by atoms with Crippen molar-refractivity contribution in [2.45, 2.75) is 39.4 Å². The molecule has 8 heteroatoms. The molecule has 1 aromatic heterocycles. The predicted molar refractivity (Wildman–Crippen MR) is 144 cm³/mol. The van der Waals surface area contributed by atoms with Gasteiger partial charge in [0.25, 0.3) is 5.91 Å². The molecule has 1 saturated heterocycles. The Kier molecular flexibility index (Phi) is 7.25. The topological polar surface area (TPSA) is 68.9 Å². The van der Waals surface area contributed by atoms with Gasteiger partial charge in [-0.05, 0) is 74.5 Å². The molecule has 2 atom stereocenters. The normalized spacial score (nSPS) is 21.2. The summed E-state index contributed by atoms with van der Waals surface area (Å²) in [6.07, 6.45) is 5.02. The van der Waals surface area contributed by atoms with E-state index >= 15 is 0 Å². The van der Waals surface area contributed by atoms with Crippen molar-refractivity contribution < 1.29 is 14.3 Å². The van der Waals surface area contributed by atoms with Crippen LogP contribution in [-0.4, -0.2) is 57.7 Å². The number of benzene rings is 2. The van der Waals surface area contributed by atoms with E-state index in [0.717, 1.165) is 52.9 Å². The summed E-state index contributed by atoms with van der Waals surface area (Å²) in [5, 5.41) is 5.62. The van der Waals surface area contributed by atoms with E-state index in [1.165, 1.54) is 11.8 Å². The van der Waals surface area contributed by atoms with Crippen LogP contribution in [0, 0.1) is 0 Å². The predicted octanol–water partition coefficient (Wildman–Crippen LogP) is 5.41. The molecule has 3 heterocycles. The van der Waals surface area contributed by atoms with Gasteiger partial charge in [0.1, 0.15) is 5.75 Å². The van der Waals surface area contributed by atoms with E-state index in [4.69, 9.17) is 14.6 Å². The maximum atomic E-state index is 12.9. The first-order chi connectivity index (χ1) is 17.5. The number of hydrogen-bond donors (Lipinski definition) is 0. The van der Waals surface area contributed by atoms with Crippen LogP contribution in [0.1, 0.15) is 32.8 Å². The summed E-state index contributed by atoms with van der Waals surface area (Å²) in [5.41, 5.74) is 3.55. The Hall–Kier alpha value is -3.36. The second-order valence-corrected chi connectivity index (χ2v) is 10.1. The van der Waals surface area contributed by atoms with E-state index in [0.29, 0.717) is 11.5 Å². The maximum absolute atomic E-state index is 12.9. The number of thioether (sulfide) groups is 1. The van der Waals surface area contributed by atoms with Crippen LogP contribution in [0.2, 0.25) is 0 Å². The lowest BCUT2D eigenvalue weighted by molar-refractivity contribution is -0.113. The SMILES string of the molecule is CCCOc1ccc(-c2nn(-c3ccccc3)cc2/C=C2\SC(N3CC(C)OC(C)C3)=NC2=O)cc1. The van der Waals surface area contributed by atoms with Crippen molar-refractivity contribution in [3.8, 4) is 22.7 Å². The highest BCUT2D eigenvalue weighted by Gasteiger charge is 2.31. The van der Waals surface area contributed by atoms with E-state index in [1.54, 1.807) is 0 Å². The van der Waals surface area contributed by atoms with Gasteiger partial charge in [-0.2, -0.15) is 10.1 Å². The van der Waals surface area contributed by atoms with Crippen LogP contribution < -0.4 is 4.74 Å². The lowest BCUT2D eigenvalue weighted by Crippen LogP contribution is -2.47. The summed E-state index contributed by atoms with van der Waals surface area (Å²) < 4.78 is 13.4. The average molecular weight is 503 g/mol. The molecular weight excluding hydrogens is 472 g/mol. The highest BCUT2D eigenvalue weighted by Crippen LogP contribution is 2.34. The van der Waals surface area contributed by atoms with Crippen molar-refractivity contribution in [1.29, 1.82) is 0 Å². The van der Waals surface area contributed by atoms with Crippen LogP contribution in [0.5, 0.6) is 5.75 Å². The van der Waals surface area contributed by atoms with Gasteiger partial charge >= 0.3 is 0 Å². The summed E-state index contributed by atoms with van der Waals surface area (Å²) in [4.78, 5) is 20.0. The van der Waals surface area contributed by atoms with Crippen LogP contribution in [0.25, 0.3) is 23.0 Å². The molecule has 186 valence electrons. The molecular formula is C28H30N4O3S. The highest BCUT2D eigenvalue weighted by molar-refractivity contribution is 8.18. The summed E-state index contributed by atoms with van der Waals surface area (Å²) in [6, 6.07) is 17.9. The maximum Gasteiger partial charge on any atom is 0.286 e. The Bertz CT molecular complexity index is 1270. The van der Waals surface area contributed by atoms with Gasteiger partial charge in [0.15, 0.2) is 5.17 Å². The number of carbonyl (C=O) groups excluding carboxylic acids is 1. The van der Waals surface area contributed by atoms with Crippen LogP contribution in [-0.2, 0) is 9.53 Å². The largest absolute Gasteiger partial charge is 0.494 e. The molecule has 36 heavy (non-hydrogen) atoms. The van der Waals surface area contributed by atoms with Crippen LogP contribution >= 0.6 is 11.8 Å². The number of morpholine rings is 1. The minimum absolute atomic E-state index is 0.0974. The molecule has 0 saturated carbocycles. The first-order valence-corrected chi connectivity index (χ1v) is 13.1. The second-order valence-electron chi connectivity index (χ2n) is 9.06. The molecule has 2 aromatic carbocycles. The molecule has 5 rings (SSSR count). The van der Waals surface area contributed by atoms with Gasteiger partial charge in [0, 0.05) is 30.4 Å². The fraction of sp³-hybridized carbons (Fsp3) is 0.321. The second kappa shape index (κ2) is 10.7. The molecule has 2 unspecified atom stereocenters. The molecule has 3 aromatic rings.